The minimum Gasteiger partial charge on any atom is -0.459 e. The summed E-state index contributed by atoms with van der Waals surface area (Å²) in [5, 5.41) is 0. The van der Waals surface area contributed by atoms with E-state index in [1.807, 2.05) is 6.92 Å². The number of hydrogen-bond donors (Lipinski definition) is 0. The van der Waals surface area contributed by atoms with E-state index in [1.165, 1.54) is 12.8 Å². The Hall–Kier alpha value is -0.790. The van der Waals surface area contributed by atoms with Crippen LogP contribution in [0.15, 0.2) is 11.6 Å². The average molecular weight is 168 g/mol. The Balaban J connectivity index is 2.35. The van der Waals surface area contributed by atoms with Crippen molar-refractivity contribution < 1.29 is 9.53 Å². The van der Waals surface area contributed by atoms with Crippen LogP contribution in [0.3, 0.4) is 0 Å². The molecule has 2 nitrogen and oxygen atoms in total. The third-order valence-electron chi connectivity index (χ3n) is 2.33. The van der Waals surface area contributed by atoms with E-state index in [0.29, 0.717) is 5.57 Å². The van der Waals surface area contributed by atoms with Gasteiger partial charge in [-0.1, -0.05) is 6.08 Å². The maximum absolute atomic E-state index is 11.2. The Morgan fingerprint density at radius 1 is 1.42 bits per heavy atom. The van der Waals surface area contributed by atoms with Gasteiger partial charge in [0.25, 0.3) is 0 Å². The molecule has 0 saturated heterocycles. The SMILES string of the molecule is C/C=C(/C)C(=O)OC1CCCC1. The van der Waals surface area contributed by atoms with Gasteiger partial charge >= 0.3 is 5.97 Å². The normalized spacial score (nSPS) is 19.7. The van der Waals surface area contributed by atoms with E-state index < -0.39 is 0 Å². The fraction of sp³-hybridized carbons (Fsp3) is 0.700. The fourth-order valence-corrected chi connectivity index (χ4v) is 1.37. The summed E-state index contributed by atoms with van der Waals surface area (Å²) >= 11 is 0. The molecule has 1 aliphatic carbocycles. The van der Waals surface area contributed by atoms with Gasteiger partial charge in [-0.05, 0) is 39.5 Å². The van der Waals surface area contributed by atoms with Crippen molar-refractivity contribution in [2.45, 2.75) is 45.6 Å². The van der Waals surface area contributed by atoms with Crippen molar-refractivity contribution in [3.05, 3.63) is 11.6 Å². The molecule has 1 fully saturated rings. The van der Waals surface area contributed by atoms with Crippen molar-refractivity contribution in [1.82, 2.24) is 0 Å². The number of esters is 1. The van der Waals surface area contributed by atoms with Crippen molar-refractivity contribution in [3.8, 4) is 0 Å². The second kappa shape index (κ2) is 4.29. The highest BCUT2D eigenvalue weighted by Gasteiger charge is 2.19. The molecule has 1 aliphatic rings. The predicted octanol–water partition coefficient (Wildman–Crippen LogP) is 2.44. The highest BCUT2D eigenvalue weighted by Crippen LogP contribution is 2.21. The van der Waals surface area contributed by atoms with E-state index in [4.69, 9.17) is 4.74 Å². The molecule has 0 aromatic carbocycles. The molecular weight excluding hydrogens is 152 g/mol. The van der Waals surface area contributed by atoms with Gasteiger partial charge in [0.05, 0.1) is 0 Å². The minimum atomic E-state index is -0.149. The van der Waals surface area contributed by atoms with Gasteiger partial charge in [-0.2, -0.15) is 0 Å². The van der Waals surface area contributed by atoms with Crippen LogP contribution in [0.5, 0.6) is 0 Å². The van der Waals surface area contributed by atoms with Gasteiger partial charge in [0, 0.05) is 5.57 Å². The van der Waals surface area contributed by atoms with Crippen LogP contribution in [0.4, 0.5) is 0 Å². The third-order valence-corrected chi connectivity index (χ3v) is 2.33. The summed E-state index contributed by atoms with van der Waals surface area (Å²) in [4.78, 5) is 11.2. The minimum absolute atomic E-state index is 0.149. The monoisotopic (exact) mass is 168 g/mol. The van der Waals surface area contributed by atoms with Crippen LogP contribution in [0.2, 0.25) is 0 Å². The van der Waals surface area contributed by atoms with E-state index in [9.17, 15) is 4.79 Å². The van der Waals surface area contributed by atoms with Crippen LogP contribution < -0.4 is 0 Å². The highest BCUT2D eigenvalue weighted by molar-refractivity contribution is 5.87. The zero-order chi connectivity index (χ0) is 8.97. The molecular formula is C10H16O2. The quantitative estimate of drug-likeness (QED) is 0.467. The Morgan fingerprint density at radius 2 is 2.00 bits per heavy atom. The molecule has 1 saturated carbocycles. The maximum Gasteiger partial charge on any atom is 0.333 e. The van der Waals surface area contributed by atoms with E-state index in [2.05, 4.69) is 0 Å². The van der Waals surface area contributed by atoms with Gasteiger partial charge in [0.2, 0.25) is 0 Å². The second-order valence-corrected chi connectivity index (χ2v) is 3.28. The Bertz CT molecular complexity index is 188. The summed E-state index contributed by atoms with van der Waals surface area (Å²) in [6.45, 7) is 3.64. The third kappa shape index (κ3) is 2.36. The molecule has 68 valence electrons. The van der Waals surface area contributed by atoms with Gasteiger partial charge in [-0.3, -0.25) is 0 Å². The number of allylic oxidation sites excluding steroid dienone is 1. The molecule has 0 spiro atoms. The molecule has 0 radical (unpaired) electrons. The molecule has 12 heavy (non-hydrogen) atoms. The molecule has 0 aliphatic heterocycles. The molecule has 0 bridgehead atoms. The number of ether oxygens (including phenoxy) is 1. The first-order valence-corrected chi connectivity index (χ1v) is 4.58. The average Bonchev–Trinajstić information content (AvgIpc) is 2.55. The van der Waals surface area contributed by atoms with Crippen molar-refractivity contribution in [2.24, 2.45) is 0 Å². The lowest BCUT2D eigenvalue weighted by Crippen LogP contribution is -2.15. The summed E-state index contributed by atoms with van der Waals surface area (Å²) in [6, 6.07) is 0. The first kappa shape index (κ1) is 9.30. The maximum atomic E-state index is 11.2. The lowest BCUT2D eigenvalue weighted by atomic mass is 10.3. The summed E-state index contributed by atoms with van der Waals surface area (Å²) in [6.07, 6.45) is 6.47. The summed E-state index contributed by atoms with van der Waals surface area (Å²) < 4.78 is 5.26. The number of hydrogen-bond acceptors (Lipinski definition) is 2. The zero-order valence-electron chi connectivity index (χ0n) is 7.80. The second-order valence-electron chi connectivity index (χ2n) is 3.28. The highest BCUT2D eigenvalue weighted by atomic mass is 16.5. The predicted molar refractivity (Wildman–Crippen MR) is 47.8 cm³/mol. The number of carbonyl (C=O) groups is 1. The largest absolute Gasteiger partial charge is 0.459 e. The van der Waals surface area contributed by atoms with Crippen LogP contribution in [0.25, 0.3) is 0 Å². The topological polar surface area (TPSA) is 26.3 Å². The Labute approximate surface area is 73.6 Å². The molecule has 0 amide bonds. The van der Waals surface area contributed by atoms with Crippen molar-refractivity contribution in [1.29, 1.82) is 0 Å². The molecule has 0 heterocycles. The molecule has 1 rings (SSSR count). The summed E-state index contributed by atoms with van der Waals surface area (Å²) in [5.41, 5.74) is 0.710. The Kier molecular flexibility index (Phi) is 3.32. The lowest BCUT2D eigenvalue weighted by Gasteiger charge is -2.10. The Morgan fingerprint density at radius 3 is 2.50 bits per heavy atom. The summed E-state index contributed by atoms with van der Waals surface area (Å²) in [7, 11) is 0. The van der Waals surface area contributed by atoms with E-state index >= 15 is 0 Å². The number of carbonyl (C=O) groups excluding carboxylic acids is 1. The van der Waals surface area contributed by atoms with Crippen LogP contribution in [-0.2, 0) is 9.53 Å². The molecule has 0 aromatic heterocycles. The van der Waals surface area contributed by atoms with Crippen molar-refractivity contribution in [3.63, 3.8) is 0 Å². The lowest BCUT2D eigenvalue weighted by molar-refractivity contribution is -0.143. The van der Waals surface area contributed by atoms with Crippen molar-refractivity contribution in [2.75, 3.05) is 0 Å². The standard InChI is InChI=1S/C10H16O2/c1-3-8(2)10(11)12-9-6-4-5-7-9/h3,9H,4-7H2,1-2H3/b8-3-. The molecule has 0 unspecified atom stereocenters. The van der Waals surface area contributed by atoms with Crippen LogP contribution in [0, 0.1) is 0 Å². The van der Waals surface area contributed by atoms with Crippen LogP contribution in [-0.4, -0.2) is 12.1 Å². The first-order valence-electron chi connectivity index (χ1n) is 4.58. The van der Waals surface area contributed by atoms with E-state index in [1.54, 1.807) is 13.0 Å². The van der Waals surface area contributed by atoms with Gasteiger partial charge < -0.3 is 4.74 Å². The van der Waals surface area contributed by atoms with Gasteiger partial charge in [-0.15, -0.1) is 0 Å². The van der Waals surface area contributed by atoms with Crippen LogP contribution >= 0.6 is 0 Å². The van der Waals surface area contributed by atoms with Crippen molar-refractivity contribution >= 4 is 5.97 Å². The van der Waals surface area contributed by atoms with E-state index in [0.717, 1.165) is 12.8 Å². The van der Waals surface area contributed by atoms with Gasteiger partial charge in [0.1, 0.15) is 6.10 Å². The molecule has 0 atom stereocenters. The number of rotatable bonds is 2. The van der Waals surface area contributed by atoms with Gasteiger partial charge in [0.15, 0.2) is 0 Å². The molecule has 0 N–H and O–H groups in total. The van der Waals surface area contributed by atoms with E-state index in [-0.39, 0.29) is 12.1 Å². The first-order chi connectivity index (χ1) is 5.74. The fourth-order valence-electron chi connectivity index (χ4n) is 1.37. The zero-order valence-corrected chi connectivity index (χ0v) is 7.80. The molecule has 2 heteroatoms. The van der Waals surface area contributed by atoms with Gasteiger partial charge in [-0.25, -0.2) is 4.79 Å². The smallest absolute Gasteiger partial charge is 0.333 e. The van der Waals surface area contributed by atoms with Crippen LogP contribution in [0.1, 0.15) is 39.5 Å². The molecule has 0 aromatic rings. The summed E-state index contributed by atoms with van der Waals surface area (Å²) in [5.74, 6) is -0.149.